The molecule has 2 rings (SSSR count). The zero-order valence-electron chi connectivity index (χ0n) is 12.5. The predicted molar refractivity (Wildman–Crippen MR) is 82.4 cm³/mol. The summed E-state index contributed by atoms with van der Waals surface area (Å²) in [4.78, 5) is 16.7. The highest BCUT2D eigenvalue weighted by atomic mass is 32.1. The van der Waals surface area contributed by atoms with Crippen LogP contribution in [0.1, 0.15) is 32.3 Å². The van der Waals surface area contributed by atoms with Gasteiger partial charge in [0.25, 0.3) is 0 Å². The van der Waals surface area contributed by atoms with E-state index in [0.29, 0.717) is 19.6 Å². The first kappa shape index (κ1) is 15.7. The van der Waals surface area contributed by atoms with Crippen molar-refractivity contribution in [2.45, 2.75) is 32.3 Å². The van der Waals surface area contributed by atoms with Gasteiger partial charge in [-0.2, -0.15) is 11.3 Å². The number of carbonyl (C=O) groups excluding carboxylic acids is 1. The number of thiophene rings is 1. The minimum Gasteiger partial charge on any atom is -0.444 e. The number of rotatable bonds is 3. The molecule has 1 saturated heterocycles. The van der Waals surface area contributed by atoms with Gasteiger partial charge in [0.15, 0.2) is 0 Å². The zero-order chi connectivity index (χ0) is 15.5. The normalized spacial score (nSPS) is 22.0. The van der Waals surface area contributed by atoms with Crippen LogP contribution in [0.25, 0.3) is 10.4 Å². The van der Waals surface area contributed by atoms with Gasteiger partial charge in [-0.15, -0.1) is 0 Å². The summed E-state index contributed by atoms with van der Waals surface area (Å²) < 4.78 is 5.43. The number of amides is 1. The van der Waals surface area contributed by atoms with Gasteiger partial charge in [-0.3, -0.25) is 0 Å². The molecule has 0 aliphatic carbocycles. The molecule has 1 aromatic rings. The number of hydrogen-bond donors (Lipinski definition) is 0. The summed E-state index contributed by atoms with van der Waals surface area (Å²) in [6, 6.07) is 2.07. The van der Waals surface area contributed by atoms with Gasteiger partial charge in [0.1, 0.15) is 5.60 Å². The average Bonchev–Trinajstić information content (AvgIpc) is 3.03. The van der Waals surface area contributed by atoms with Crippen molar-refractivity contribution in [3.05, 3.63) is 32.8 Å². The molecule has 1 aliphatic heterocycles. The van der Waals surface area contributed by atoms with E-state index in [0.717, 1.165) is 0 Å². The molecule has 0 bridgehead atoms. The predicted octanol–water partition coefficient (Wildman–Crippen LogP) is 4.01. The van der Waals surface area contributed by atoms with Crippen molar-refractivity contribution in [3.8, 4) is 0 Å². The van der Waals surface area contributed by atoms with E-state index < -0.39 is 5.60 Å². The van der Waals surface area contributed by atoms with E-state index >= 15 is 0 Å². The number of nitrogens with zero attached hydrogens (tertiary/aromatic N) is 4. The molecule has 0 saturated carbocycles. The first-order chi connectivity index (χ1) is 9.90. The van der Waals surface area contributed by atoms with Crippen LogP contribution in [0.5, 0.6) is 0 Å². The van der Waals surface area contributed by atoms with Gasteiger partial charge in [0.2, 0.25) is 0 Å². The lowest BCUT2D eigenvalue weighted by Crippen LogP contribution is -2.35. The fourth-order valence-corrected chi connectivity index (χ4v) is 3.26. The Morgan fingerprint density at radius 2 is 2.33 bits per heavy atom. The van der Waals surface area contributed by atoms with Gasteiger partial charge in [-0.25, -0.2) is 4.79 Å². The first-order valence-corrected chi connectivity index (χ1v) is 7.86. The molecule has 2 atom stereocenters. The second-order valence-corrected chi connectivity index (χ2v) is 7.00. The van der Waals surface area contributed by atoms with Crippen LogP contribution in [0, 0.1) is 5.92 Å². The molecule has 1 aliphatic rings. The Labute approximate surface area is 128 Å². The second-order valence-electron chi connectivity index (χ2n) is 6.22. The van der Waals surface area contributed by atoms with Crippen molar-refractivity contribution in [1.29, 1.82) is 0 Å². The number of hydrogen-bond acceptors (Lipinski definition) is 4. The van der Waals surface area contributed by atoms with Crippen molar-refractivity contribution >= 4 is 17.4 Å². The third-order valence-electron chi connectivity index (χ3n) is 3.44. The Balaban J connectivity index is 2.10. The second kappa shape index (κ2) is 6.37. The lowest BCUT2D eigenvalue weighted by Gasteiger charge is -2.24. The Morgan fingerprint density at radius 3 is 2.90 bits per heavy atom. The van der Waals surface area contributed by atoms with Gasteiger partial charge in [-0.05, 0) is 54.6 Å². The first-order valence-electron chi connectivity index (χ1n) is 6.91. The average molecular weight is 308 g/mol. The minimum absolute atomic E-state index is 0.142. The van der Waals surface area contributed by atoms with E-state index in [2.05, 4.69) is 21.5 Å². The molecule has 21 heavy (non-hydrogen) atoms. The van der Waals surface area contributed by atoms with E-state index in [9.17, 15) is 4.79 Å². The van der Waals surface area contributed by atoms with Crippen LogP contribution < -0.4 is 0 Å². The largest absolute Gasteiger partial charge is 0.444 e. The fraction of sp³-hybridized carbons (Fsp3) is 0.643. The van der Waals surface area contributed by atoms with Crippen LogP contribution in [0.15, 0.2) is 21.9 Å². The maximum atomic E-state index is 12.2. The van der Waals surface area contributed by atoms with E-state index in [1.54, 1.807) is 16.2 Å². The SMILES string of the molecule is CC(C)(C)OC(=O)N1CC(CN=[N+]=[N-])C(c2ccsc2)C1. The van der Waals surface area contributed by atoms with Crippen molar-refractivity contribution in [3.63, 3.8) is 0 Å². The molecular formula is C14H20N4O2S. The lowest BCUT2D eigenvalue weighted by molar-refractivity contribution is 0.0287. The standard InChI is InChI=1S/C14H20N4O2S/c1-14(2,3)20-13(19)18-7-11(6-16-17-15)12(8-18)10-4-5-21-9-10/h4-5,9,11-12H,6-8H2,1-3H3. The summed E-state index contributed by atoms with van der Waals surface area (Å²) in [5.74, 6) is 0.345. The van der Waals surface area contributed by atoms with Crippen molar-refractivity contribution in [2.24, 2.45) is 11.0 Å². The van der Waals surface area contributed by atoms with Gasteiger partial charge in [-0.1, -0.05) is 5.11 Å². The summed E-state index contributed by atoms with van der Waals surface area (Å²) in [7, 11) is 0. The van der Waals surface area contributed by atoms with Gasteiger partial charge >= 0.3 is 6.09 Å². The molecular weight excluding hydrogens is 288 g/mol. The maximum Gasteiger partial charge on any atom is 0.410 e. The summed E-state index contributed by atoms with van der Waals surface area (Å²) in [5, 5.41) is 7.80. The molecule has 2 heterocycles. The molecule has 1 aromatic heterocycles. The summed E-state index contributed by atoms with van der Waals surface area (Å²) in [6.45, 7) is 7.14. The van der Waals surface area contributed by atoms with Crippen molar-refractivity contribution in [2.75, 3.05) is 19.6 Å². The molecule has 0 N–H and O–H groups in total. The quantitative estimate of drug-likeness (QED) is 0.480. The maximum absolute atomic E-state index is 12.2. The zero-order valence-corrected chi connectivity index (χ0v) is 13.3. The molecule has 0 aromatic carbocycles. The highest BCUT2D eigenvalue weighted by Gasteiger charge is 2.37. The van der Waals surface area contributed by atoms with Crippen LogP contribution in [-0.4, -0.2) is 36.2 Å². The number of carbonyl (C=O) groups is 1. The number of ether oxygens (including phenoxy) is 1. The van der Waals surface area contributed by atoms with Gasteiger partial charge in [0.05, 0.1) is 0 Å². The van der Waals surface area contributed by atoms with Crippen molar-refractivity contribution < 1.29 is 9.53 Å². The molecule has 0 radical (unpaired) electrons. The molecule has 1 fully saturated rings. The fourth-order valence-electron chi connectivity index (χ4n) is 2.54. The van der Waals surface area contributed by atoms with Crippen LogP contribution in [0.4, 0.5) is 4.79 Å². The third-order valence-corrected chi connectivity index (χ3v) is 4.14. The Bertz CT molecular complexity index is 532. The molecule has 7 heteroatoms. The van der Waals surface area contributed by atoms with E-state index in [1.165, 1.54) is 5.56 Å². The van der Waals surface area contributed by atoms with Crippen LogP contribution >= 0.6 is 11.3 Å². The molecule has 1 amide bonds. The van der Waals surface area contributed by atoms with Gasteiger partial charge in [0, 0.05) is 30.5 Å². The minimum atomic E-state index is -0.502. The topological polar surface area (TPSA) is 78.3 Å². The van der Waals surface area contributed by atoms with E-state index in [-0.39, 0.29) is 17.9 Å². The number of azide groups is 1. The highest BCUT2D eigenvalue weighted by Crippen LogP contribution is 2.34. The lowest BCUT2D eigenvalue weighted by atomic mass is 9.91. The van der Waals surface area contributed by atoms with Crippen LogP contribution in [0.2, 0.25) is 0 Å². The summed E-state index contributed by atoms with van der Waals surface area (Å²) in [6.07, 6.45) is -0.300. The monoisotopic (exact) mass is 308 g/mol. The van der Waals surface area contributed by atoms with Gasteiger partial charge < -0.3 is 9.64 Å². The summed E-state index contributed by atoms with van der Waals surface area (Å²) >= 11 is 1.63. The molecule has 6 nitrogen and oxygen atoms in total. The Morgan fingerprint density at radius 1 is 1.57 bits per heavy atom. The Hall–Kier alpha value is -1.72. The third kappa shape index (κ3) is 4.12. The molecule has 114 valence electrons. The Kier molecular flexibility index (Phi) is 4.75. The van der Waals surface area contributed by atoms with E-state index in [4.69, 9.17) is 10.3 Å². The van der Waals surface area contributed by atoms with Crippen molar-refractivity contribution in [1.82, 2.24) is 4.90 Å². The highest BCUT2D eigenvalue weighted by molar-refractivity contribution is 7.08. The van der Waals surface area contributed by atoms with Crippen LogP contribution in [0.3, 0.4) is 0 Å². The molecule has 2 unspecified atom stereocenters. The number of likely N-dealkylation sites (tertiary alicyclic amines) is 1. The molecule has 0 spiro atoms. The van der Waals surface area contributed by atoms with Crippen LogP contribution in [-0.2, 0) is 4.74 Å². The van der Waals surface area contributed by atoms with E-state index in [1.807, 2.05) is 26.2 Å². The summed E-state index contributed by atoms with van der Waals surface area (Å²) in [5.41, 5.74) is 9.22. The smallest absolute Gasteiger partial charge is 0.410 e.